The molecule has 1 fully saturated rings. The van der Waals surface area contributed by atoms with Crippen LogP contribution in [0.3, 0.4) is 0 Å². The molecule has 6 heteroatoms. The molecule has 0 unspecified atom stereocenters. The van der Waals surface area contributed by atoms with Crippen LogP contribution in [0.2, 0.25) is 0 Å². The number of methoxy groups -OCH3 is 1. The Labute approximate surface area is 157 Å². The fourth-order valence-corrected chi connectivity index (χ4v) is 3.04. The lowest BCUT2D eigenvalue weighted by Gasteiger charge is -2.35. The molecule has 2 rings (SSSR count). The molecule has 1 saturated heterocycles. The molecule has 0 aromatic carbocycles. The summed E-state index contributed by atoms with van der Waals surface area (Å²) in [6.45, 7) is 9.09. The summed E-state index contributed by atoms with van der Waals surface area (Å²) in [5.74, 6) is 2.51. The van der Waals surface area contributed by atoms with Gasteiger partial charge in [-0.3, -0.25) is 4.99 Å². The Kier molecular flexibility index (Phi) is 7.30. The molecule has 0 aliphatic carbocycles. The summed E-state index contributed by atoms with van der Waals surface area (Å²) in [5, 5.41) is 0. The van der Waals surface area contributed by atoms with Crippen molar-refractivity contribution in [2.24, 2.45) is 4.99 Å². The van der Waals surface area contributed by atoms with Crippen molar-refractivity contribution < 1.29 is 9.47 Å². The van der Waals surface area contributed by atoms with Gasteiger partial charge in [-0.2, -0.15) is 0 Å². The Morgan fingerprint density at radius 2 is 1.96 bits per heavy atom. The first-order valence-electron chi connectivity index (χ1n) is 9.27. The number of hydrogen-bond acceptors (Lipinski definition) is 5. The van der Waals surface area contributed by atoms with E-state index in [0.29, 0.717) is 5.88 Å². The smallest absolute Gasteiger partial charge is 0.213 e. The minimum Gasteiger partial charge on any atom is -0.489 e. The normalized spacial score (nSPS) is 17.0. The van der Waals surface area contributed by atoms with Gasteiger partial charge in [0.15, 0.2) is 0 Å². The molecule has 1 aliphatic rings. The number of hydrogen-bond donors (Lipinski definition) is 0. The molecule has 144 valence electrons. The molecule has 6 nitrogen and oxygen atoms in total. The number of rotatable bonds is 6. The molecule has 1 aromatic rings. The van der Waals surface area contributed by atoms with Crippen LogP contribution in [0.25, 0.3) is 0 Å². The number of nitrogens with zero attached hydrogens (tertiary/aromatic N) is 4. The quantitative estimate of drug-likeness (QED) is 0.576. The van der Waals surface area contributed by atoms with Gasteiger partial charge in [0, 0.05) is 63.9 Å². The Hall–Kier alpha value is -2.24. The van der Waals surface area contributed by atoms with Crippen molar-refractivity contribution in [2.45, 2.75) is 39.7 Å². The molecule has 1 aromatic heterocycles. The topological polar surface area (TPSA) is 50.2 Å². The van der Waals surface area contributed by atoms with E-state index in [1.54, 1.807) is 13.3 Å². The lowest BCUT2D eigenvalue weighted by Crippen LogP contribution is -2.42. The van der Waals surface area contributed by atoms with Gasteiger partial charge in [-0.1, -0.05) is 0 Å². The highest BCUT2D eigenvalue weighted by Gasteiger charge is 2.24. The predicted octanol–water partition coefficient (Wildman–Crippen LogP) is 3.21. The zero-order valence-corrected chi connectivity index (χ0v) is 17.0. The largest absolute Gasteiger partial charge is 0.489 e. The van der Waals surface area contributed by atoms with Crippen molar-refractivity contribution in [3.8, 4) is 11.6 Å². The predicted molar refractivity (Wildman–Crippen MR) is 106 cm³/mol. The van der Waals surface area contributed by atoms with Crippen LogP contribution in [0.15, 0.2) is 34.6 Å². The molecule has 1 aliphatic heterocycles. The van der Waals surface area contributed by atoms with Crippen molar-refractivity contribution in [2.75, 3.05) is 40.8 Å². The van der Waals surface area contributed by atoms with Crippen molar-refractivity contribution in [1.29, 1.82) is 0 Å². The van der Waals surface area contributed by atoms with Crippen LogP contribution in [-0.4, -0.2) is 67.6 Å². The van der Waals surface area contributed by atoms with Crippen LogP contribution >= 0.6 is 0 Å². The van der Waals surface area contributed by atoms with Gasteiger partial charge in [-0.25, -0.2) is 4.98 Å². The third-order valence-corrected chi connectivity index (χ3v) is 4.82. The number of aromatic nitrogens is 1. The van der Waals surface area contributed by atoms with E-state index in [0.717, 1.165) is 44.1 Å². The molecule has 0 amide bonds. The third-order valence-electron chi connectivity index (χ3n) is 4.82. The second-order valence-corrected chi connectivity index (χ2v) is 6.74. The van der Waals surface area contributed by atoms with Gasteiger partial charge in [0.05, 0.1) is 13.3 Å². The number of allylic oxidation sites excluding steroid dienone is 1. The van der Waals surface area contributed by atoms with Crippen LogP contribution in [0.1, 0.15) is 33.6 Å². The van der Waals surface area contributed by atoms with E-state index in [2.05, 4.69) is 49.7 Å². The summed E-state index contributed by atoms with van der Waals surface area (Å²) in [4.78, 5) is 13.5. The highest BCUT2D eigenvalue weighted by molar-refractivity contribution is 5.98. The van der Waals surface area contributed by atoms with E-state index in [9.17, 15) is 0 Å². The molecule has 0 saturated carbocycles. The summed E-state index contributed by atoms with van der Waals surface area (Å²) in [6.07, 6.45) is 3.89. The number of pyridine rings is 1. The Morgan fingerprint density at radius 1 is 1.27 bits per heavy atom. The fraction of sp³-hybridized carbons (Fsp3) is 0.600. The van der Waals surface area contributed by atoms with Gasteiger partial charge in [0.1, 0.15) is 17.7 Å². The van der Waals surface area contributed by atoms with E-state index in [-0.39, 0.29) is 6.10 Å². The molecule has 0 atom stereocenters. The van der Waals surface area contributed by atoms with Crippen molar-refractivity contribution in [3.63, 3.8) is 0 Å². The average Bonchev–Trinajstić information content (AvgIpc) is 2.66. The SMILES string of the molecule is CC/N=C(\C(C)=C(/C)N(C)C)N1CCC(Oc2ccc(OC)nc2)CC1. The van der Waals surface area contributed by atoms with Gasteiger partial charge < -0.3 is 19.3 Å². The second-order valence-electron chi connectivity index (χ2n) is 6.74. The average molecular weight is 361 g/mol. The zero-order valence-electron chi connectivity index (χ0n) is 17.0. The van der Waals surface area contributed by atoms with E-state index in [1.807, 2.05) is 12.1 Å². The van der Waals surface area contributed by atoms with Gasteiger partial charge >= 0.3 is 0 Å². The number of likely N-dealkylation sites (tertiary alicyclic amines) is 1. The molecule has 0 radical (unpaired) electrons. The summed E-state index contributed by atoms with van der Waals surface area (Å²) in [6, 6.07) is 3.74. The second kappa shape index (κ2) is 9.46. The van der Waals surface area contributed by atoms with Crippen LogP contribution < -0.4 is 9.47 Å². The maximum absolute atomic E-state index is 6.08. The van der Waals surface area contributed by atoms with Crippen LogP contribution in [0.5, 0.6) is 11.6 Å². The molecule has 2 heterocycles. The lowest BCUT2D eigenvalue weighted by molar-refractivity contribution is 0.130. The fourth-order valence-electron chi connectivity index (χ4n) is 3.04. The van der Waals surface area contributed by atoms with Gasteiger partial charge in [-0.05, 0) is 26.8 Å². The molecular weight excluding hydrogens is 328 g/mol. The van der Waals surface area contributed by atoms with Crippen molar-refractivity contribution >= 4 is 5.84 Å². The molecule has 0 bridgehead atoms. The first kappa shape index (κ1) is 20.1. The summed E-state index contributed by atoms with van der Waals surface area (Å²) in [5.41, 5.74) is 2.50. The highest BCUT2D eigenvalue weighted by atomic mass is 16.5. The summed E-state index contributed by atoms with van der Waals surface area (Å²) >= 11 is 0. The summed E-state index contributed by atoms with van der Waals surface area (Å²) in [7, 11) is 5.76. The molecular formula is C20H32N4O2. The van der Waals surface area contributed by atoms with Gasteiger partial charge in [-0.15, -0.1) is 0 Å². The van der Waals surface area contributed by atoms with Gasteiger partial charge in [0.25, 0.3) is 0 Å². The highest BCUT2D eigenvalue weighted by Crippen LogP contribution is 2.22. The van der Waals surface area contributed by atoms with Gasteiger partial charge in [0.2, 0.25) is 5.88 Å². The first-order chi connectivity index (χ1) is 12.5. The maximum atomic E-state index is 6.08. The lowest BCUT2D eigenvalue weighted by atomic mass is 10.1. The third kappa shape index (κ3) is 5.13. The van der Waals surface area contributed by atoms with E-state index >= 15 is 0 Å². The standard InChI is InChI=1S/C20H32N4O2/c1-7-21-20(15(2)16(3)23(4)5)24-12-10-17(11-13-24)26-18-8-9-19(25-6)22-14-18/h8-9,14,17H,7,10-13H2,1-6H3/b16-15+,21-20+. The Bertz CT molecular complexity index is 630. The van der Waals surface area contributed by atoms with E-state index < -0.39 is 0 Å². The van der Waals surface area contributed by atoms with Crippen LogP contribution in [0.4, 0.5) is 0 Å². The van der Waals surface area contributed by atoms with Crippen molar-refractivity contribution in [1.82, 2.24) is 14.8 Å². The minimum absolute atomic E-state index is 0.212. The monoisotopic (exact) mass is 360 g/mol. The van der Waals surface area contributed by atoms with Crippen LogP contribution in [-0.2, 0) is 0 Å². The maximum Gasteiger partial charge on any atom is 0.213 e. The molecule has 26 heavy (non-hydrogen) atoms. The van der Waals surface area contributed by atoms with Crippen LogP contribution in [0, 0.1) is 0 Å². The molecule has 0 N–H and O–H groups in total. The van der Waals surface area contributed by atoms with E-state index in [4.69, 9.17) is 14.5 Å². The van der Waals surface area contributed by atoms with E-state index in [1.165, 1.54) is 11.3 Å². The Balaban J connectivity index is 1.99. The number of ether oxygens (including phenoxy) is 2. The number of amidine groups is 1. The summed E-state index contributed by atoms with van der Waals surface area (Å²) < 4.78 is 11.2. The first-order valence-corrected chi connectivity index (χ1v) is 9.27. The molecule has 0 spiro atoms. The number of piperidine rings is 1. The minimum atomic E-state index is 0.212. The Morgan fingerprint density at radius 3 is 2.46 bits per heavy atom. The zero-order chi connectivity index (χ0) is 19.1. The number of aliphatic imine (C=N–C) groups is 1. The van der Waals surface area contributed by atoms with Crippen molar-refractivity contribution in [3.05, 3.63) is 29.6 Å².